The van der Waals surface area contributed by atoms with Crippen LogP contribution in [0.1, 0.15) is 6.92 Å². The number of amides is 1. The Morgan fingerprint density at radius 3 is 2.56 bits per heavy atom. The number of benzene rings is 2. The van der Waals surface area contributed by atoms with E-state index in [-0.39, 0.29) is 11.7 Å². The fourth-order valence-corrected chi connectivity index (χ4v) is 3.07. The number of phenolic OH excluding ortho intramolecular Hbond substituents is 1. The molecule has 0 fully saturated rings. The molecule has 0 spiro atoms. The van der Waals surface area contributed by atoms with Gasteiger partial charge in [0.1, 0.15) is 5.75 Å². The summed E-state index contributed by atoms with van der Waals surface area (Å²) in [6, 6.07) is 13.9. The average Bonchev–Trinajstić information content (AvgIpc) is 3.05. The summed E-state index contributed by atoms with van der Waals surface area (Å²) in [4.78, 5) is 12.4. The summed E-state index contributed by atoms with van der Waals surface area (Å²) in [5, 5.41) is 23.9. The highest BCUT2D eigenvalue weighted by Gasteiger charge is 2.19. The van der Waals surface area contributed by atoms with Gasteiger partial charge in [-0.3, -0.25) is 4.79 Å². The third-order valence-electron chi connectivity index (χ3n) is 3.30. The molecule has 128 valence electrons. The second kappa shape index (κ2) is 7.66. The van der Waals surface area contributed by atoms with Crippen LogP contribution in [0.3, 0.4) is 0 Å². The van der Waals surface area contributed by atoms with E-state index in [4.69, 9.17) is 0 Å². The molecule has 0 radical (unpaired) electrons. The number of nitrogens with one attached hydrogen (secondary N) is 1. The van der Waals surface area contributed by atoms with Gasteiger partial charge in [-0.05, 0) is 65.9 Å². The number of rotatable bonds is 5. The summed E-state index contributed by atoms with van der Waals surface area (Å²) in [5.74, 6) is 0.0147. The summed E-state index contributed by atoms with van der Waals surface area (Å²) in [7, 11) is 0. The Labute approximate surface area is 156 Å². The van der Waals surface area contributed by atoms with Crippen molar-refractivity contribution in [3.8, 4) is 11.4 Å². The van der Waals surface area contributed by atoms with Gasteiger partial charge in [-0.2, -0.15) is 4.68 Å². The van der Waals surface area contributed by atoms with Gasteiger partial charge in [0.25, 0.3) is 0 Å². The fraction of sp³-hybridized carbons (Fsp3) is 0.125. The average molecular weight is 420 g/mol. The number of anilines is 1. The van der Waals surface area contributed by atoms with Gasteiger partial charge >= 0.3 is 0 Å². The van der Waals surface area contributed by atoms with Crippen LogP contribution in [0.15, 0.2) is 58.2 Å². The van der Waals surface area contributed by atoms with Crippen molar-refractivity contribution in [1.29, 1.82) is 0 Å². The molecule has 0 aliphatic heterocycles. The highest BCUT2D eigenvalue weighted by atomic mass is 79.9. The molecule has 7 nitrogen and oxygen atoms in total. The van der Waals surface area contributed by atoms with E-state index in [1.807, 2.05) is 24.3 Å². The zero-order chi connectivity index (χ0) is 17.8. The SMILES string of the molecule is CC(Sc1nnnn1-c1ccc(O)cc1)C(=O)Nc1ccc(Br)cc1. The first-order valence-corrected chi connectivity index (χ1v) is 9.01. The third kappa shape index (κ3) is 4.37. The number of hydrogen-bond donors (Lipinski definition) is 2. The summed E-state index contributed by atoms with van der Waals surface area (Å²) in [6.45, 7) is 1.79. The van der Waals surface area contributed by atoms with E-state index in [0.29, 0.717) is 10.8 Å². The number of thioether (sulfide) groups is 1. The van der Waals surface area contributed by atoms with Crippen LogP contribution in [0.2, 0.25) is 0 Å². The second-order valence-corrected chi connectivity index (χ2v) is 7.37. The van der Waals surface area contributed by atoms with E-state index in [9.17, 15) is 9.90 Å². The lowest BCUT2D eigenvalue weighted by atomic mass is 10.3. The van der Waals surface area contributed by atoms with Gasteiger partial charge < -0.3 is 10.4 Å². The standard InChI is InChI=1S/C16H14BrN5O2S/c1-10(15(24)18-12-4-2-11(17)3-5-12)25-16-19-20-21-22(16)13-6-8-14(23)9-7-13/h2-10,23H,1H3,(H,18,24). The Hall–Kier alpha value is -2.39. The maximum atomic E-state index is 12.4. The summed E-state index contributed by atoms with van der Waals surface area (Å²) < 4.78 is 2.47. The van der Waals surface area contributed by atoms with Gasteiger partial charge in [0.05, 0.1) is 10.9 Å². The van der Waals surface area contributed by atoms with E-state index in [2.05, 4.69) is 36.8 Å². The fourth-order valence-electron chi connectivity index (χ4n) is 2.00. The molecule has 2 aromatic carbocycles. The minimum atomic E-state index is -0.398. The lowest BCUT2D eigenvalue weighted by Crippen LogP contribution is -2.22. The number of nitrogens with zero attached hydrogens (tertiary/aromatic N) is 4. The van der Waals surface area contributed by atoms with E-state index in [1.54, 1.807) is 31.2 Å². The molecular weight excluding hydrogens is 406 g/mol. The van der Waals surface area contributed by atoms with E-state index >= 15 is 0 Å². The maximum absolute atomic E-state index is 12.4. The molecule has 2 N–H and O–H groups in total. The highest BCUT2D eigenvalue weighted by Crippen LogP contribution is 2.25. The summed E-state index contributed by atoms with van der Waals surface area (Å²) >= 11 is 4.61. The molecule has 3 aromatic rings. The predicted molar refractivity (Wildman–Crippen MR) is 98.9 cm³/mol. The van der Waals surface area contributed by atoms with Crippen LogP contribution in [-0.2, 0) is 4.79 Å². The van der Waals surface area contributed by atoms with E-state index in [1.165, 1.54) is 16.4 Å². The monoisotopic (exact) mass is 419 g/mol. The predicted octanol–water partition coefficient (Wildman–Crippen LogP) is 3.25. The van der Waals surface area contributed by atoms with Crippen molar-refractivity contribution < 1.29 is 9.90 Å². The van der Waals surface area contributed by atoms with E-state index in [0.717, 1.165) is 10.2 Å². The van der Waals surface area contributed by atoms with Crippen molar-refractivity contribution in [2.75, 3.05) is 5.32 Å². The lowest BCUT2D eigenvalue weighted by molar-refractivity contribution is -0.115. The molecule has 25 heavy (non-hydrogen) atoms. The van der Waals surface area contributed by atoms with Crippen LogP contribution in [0.25, 0.3) is 5.69 Å². The Bertz CT molecular complexity index is 867. The third-order valence-corrected chi connectivity index (χ3v) is 4.86. The van der Waals surface area contributed by atoms with Crippen molar-refractivity contribution in [2.24, 2.45) is 0 Å². The molecule has 0 aliphatic rings. The Balaban J connectivity index is 1.70. The zero-order valence-corrected chi connectivity index (χ0v) is 15.5. The topological polar surface area (TPSA) is 92.9 Å². The summed E-state index contributed by atoms with van der Waals surface area (Å²) in [5.41, 5.74) is 1.42. The molecule has 3 rings (SSSR count). The van der Waals surface area contributed by atoms with Gasteiger partial charge in [-0.1, -0.05) is 27.7 Å². The Kier molecular flexibility index (Phi) is 5.34. The van der Waals surface area contributed by atoms with Crippen LogP contribution >= 0.6 is 27.7 Å². The van der Waals surface area contributed by atoms with Gasteiger partial charge in [-0.15, -0.1) is 5.10 Å². The van der Waals surface area contributed by atoms with Crippen LogP contribution in [-0.4, -0.2) is 36.5 Å². The highest BCUT2D eigenvalue weighted by molar-refractivity contribution is 9.10. The first-order valence-electron chi connectivity index (χ1n) is 7.34. The number of tetrazole rings is 1. The molecule has 9 heteroatoms. The number of carbonyl (C=O) groups is 1. The minimum Gasteiger partial charge on any atom is -0.508 e. The molecule has 0 saturated carbocycles. The first kappa shape index (κ1) is 17.4. The molecule has 1 atom stereocenters. The lowest BCUT2D eigenvalue weighted by Gasteiger charge is -2.12. The van der Waals surface area contributed by atoms with E-state index < -0.39 is 5.25 Å². The number of aromatic nitrogens is 4. The van der Waals surface area contributed by atoms with Crippen molar-refractivity contribution in [3.05, 3.63) is 53.0 Å². The zero-order valence-electron chi connectivity index (χ0n) is 13.1. The molecule has 0 saturated heterocycles. The van der Waals surface area contributed by atoms with Crippen molar-refractivity contribution in [3.63, 3.8) is 0 Å². The normalized spacial score (nSPS) is 11.9. The smallest absolute Gasteiger partial charge is 0.237 e. The quantitative estimate of drug-likeness (QED) is 0.616. The Morgan fingerprint density at radius 1 is 1.20 bits per heavy atom. The number of hydrogen-bond acceptors (Lipinski definition) is 6. The van der Waals surface area contributed by atoms with Gasteiger partial charge in [-0.25, -0.2) is 0 Å². The largest absolute Gasteiger partial charge is 0.508 e. The van der Waals surface area contributed by atoms with Gasteiger partial charge in [0, 0.05) is 10.2 Å². The molecule has 0 aliphatic carbocycles. The van der Waals surface area contributed by atoms with Crippen LogP contribution in [0.5, 0.6) is 5.75 Å². The first-order chi connectivity index (χ1) is 12.0. The minimum absolute atomic E-state index is 0.146. The van der Waals surface area contributed by atoms with Crippen molar-refractivity contribution in [2.45, 2.75) is 17.3 Å². The van der Waals surface area contributed by atoms with Crippen LogP contribution < -0.4 is 5.32 Å². The summed E-state index contributed by atoms with van der Waals surface area (Å²) in [6.07, 6.45) is 0. The van der Waals surface area contributed by atoms with Crippen molar-refractivity contribution in [1.82, 2.24) is 20.2 Å². The molecule has 0 bridgehead atoms. The number of halogens is 1. The van der Waals surface area contributed by atoms with Gasteiger partial charge in [0.2, 0.25) is 11.1 Å². The molecular formula is C16H14BrN5O2S. The number of carbonyl (C=O) groups excluding carboxylic acids is 1. The van der Waals surface area contributed by atoms with Crippen molar-refractivity contribution >= 4 is 39.3 Å². The van der Waals surface area contributed by atoms with Crippen LogP contribution in [0, 0.1) is 0 Å². The maximum Gasteiger partial charge on any atom is 0.237 e. The number of phenols is 1. The number of aromatic hydroxyl groups is 1. The van der Waals surface area contributed by atoms with Gasteiger partial charge in [0.15, 0.2) is 0 Å². The second-order valence-electron chi connectivity index (χ2n) is 5.15. The molecule has 1 heterocycles. The molecule has 1 aromatic heterocycles. The molecule has 1 amide bonds. The molecule has 1 unspecified atom stereocenters. The Morgan fingerprint density at radius 2 is 1.88 bits per heavy atom. The van der Waals surface area contributed by atoms with Crippen LogP contribution in [0.4, 0.5) is 5.69 Å².